The van der Waals surface area contributed by atoms with Gasteiger partial charge in [-0.15, -0.1) is 0 Å². The van der Waals surface area contributed by atoms with Crippen molar-refractivity contribution in [1.29, 1.82) is 0 Å². The molecular weight excluding hydrogens is 562 g/mol. The molecule has 0 radical (unpaired) electrons. The molecule has 3 aromatic rings. The van der Waals surface area contributed by atoms with Gasteiger partial charge in [-0.2, -0.15) is 0 Å². The van der Waals surface area contributed by atoms with Gasteiger partial charge in [-0.25, -0.2) is 13.1 Å². The Balaban J connectivity index is 1.47. The molecule has 43 heavy (non-hydrogen) atoms. The maximum Gasteiger partial charge on any atom is 0.264 e. The number of carbonyl (C=O) groups excluding carboxylic acids is 2. The monoisotopic (exact) mass is 605 g/mol. The molecule has 8 nitrogen and oxygen atoms in total. The van der Waals surface area contributed by atoms with E-state index < -0.39 is 20.7 Å². The molecule has 1 saturated heterocycles. The Morgan fingerprint density at radius 3 is 2.05 bits per heavy atom. The number of piperazine rings is 1. The van der Waals surface area contributed by atoms with Crippen molar-refractivity contribution in [2.45, 2.75) is 58.6 Å². The van der Waals surface area contributed by atoms with Crippen molar-refractivity contribution in [3.8, 4) is 16.9 Å². The van der Waals surface area contributed by atoms with Crippen LogP contribution in [0.3, 0.4) is 0 Å². The Morgan fingerprint density at radius 2 is 1.47 bits per heavy atom. The first kappa shape index (κ1) is 32.1. The quantitative estimate of drug-likeness (QED) is 0.362. The van der Waals surface area contributed by atoms with Gasteiger partial charge in [-0.1, -0.05) is 39.0 Å². The molecule has 230 valence electrons. The third kappa shape index (κ3) is 7.57. The molecule has 0 unspecified atom stereocenters. The van der Waals surface area contributed by atoms with Gasteiger partial charge in [0.05, 0.1) is 11.4 Å². The lowest BCUT2D eigenvalue weighted by atomic mass is 9.84. The minimum absolute atomic E-state index is 0.0000365. The average molecular weight is 606 g/mol. The molecule has 4 rings (SSSR count). The zero-order chi connectivity index (χ0) is 31.6. The van der Waals surface area contributed by atoms with Crippen molar-refractivity contribution >= 4 is 27.5 Å². The van der Waals surface area contributed by atoms with E-state index in [1.807, 2.05) is 60.4 Å². The minimum Gasteiger partial charge on any atom is -0.494 e. The van der Waals surface area contributed by atoms with Gasteiger partial charge in [0.2, 0.25) is 10.0 Å². The molecule has 1 aliphatic rings. The number of carbonyl (C=O) groups is 2. The number of sulfonamides is 1. The zero-order valence-corrected chi connectivity index (χ0v) is 27.0. The van der Waals surface area contributed by atoms with E-state index in [1.165, 1.54) is 20.8 Å². The van der Waals surface area contributed by atoms with Crippen LogP contribution in [0, 0.1) is 0 Å². The molecule has 9 heteroatoms. The Bertz CT molecular complexity index is 1580. The molecule has 2 amide bonds. The fourth-order valence-electron chi connectivity index (χ4n) is 4.79. The highest BCUT2D eigenvalue weighted by atomic mass is 32.2. The first-order valence-corrected chi connectivity index (χ1v) is 16.2. The number of hydrogen-bond acceptors (Lipinski definition) is 6. The first-order chi connectivity index (χ1) is 20.1. The highest BCUT2D eigenvalue weighted by molar-refractivity contribution is 7.91. The molecule has 0 atom stereocenters. The number of benzene rings is 3. The van der Waals surface area contributed by atoms with Gasteiger partial charge in [0.15, 0.2) is 0 Å². The van der Waals surface area contributed by atoms with E-state index >= 15 is 0 Å². The van der Waals surface area contributed by atoms with Crippen LogP contribution in [0.2, 0.25) is 0 Å². The lowest BCUT2D eigenvalue weighted by Gasteiger charge is -2.36. The minimum atomic E-state index is -3.80. The summed E-state index contributed by atoms with van der Waals surface area (Å²) in [7, 11) is -3.80. The third-order valence-corrected chi connectivity index (χ3v) is 9.69. The number of anilines is 1. The van der Waals surface area contributed by atoms with Crippen molar-refractivity contribution in [3.05, 3.63) is 83.4 Å². The summed E-state index contributed by atoms with van der Waals surface area (Å²) in [4.78, 5) is 30.4. The number of hydrogen-bond donors (Lipinski definition) is 1. The lowest BCUT2D eigenvalue weighted by Crippen LogP contribution is -2.48. The Kier molecular flexibility index (Phi) is 9.25. The van der Waals surface area contributed by atoms with Gasteiger partial charge in [-0.3, -0.25) is 9.59 Å². The number of nitrogens with zero attached hydrogens (tertiary/aromatic N) is 2. The number of nitrogens with one attached hydrogen (secondary N) is 1. The van der Waals surface area contributed by atoms with Crippen LogP contribution in [0.5, 0.6) is 5.75 Å². The summed E-state index contributed by atoms with van der Waals surface area (Å²) >= 11 is 0. The molecule has 3 aromatic carbocycles. The van der Waals surface area contributed by atoms with Gasteiger partial charge in [-0.05, 0) is 98.3 Å². The molecule has 0 aliphatic carbocycles. The maximum absolute atomic E-state index is 13.8. The summed E-state index contributed by atoms with van der Waals surface area (Å²) in [6.45, 7) is 16.0. The van der Waals surface area contributed by atoms with Gasteiger partial charge < -0.3 is 14.5 Å². The molecule has 1 N–H and O–H groups in total. The summed E-state index contributed by atoms with van der Waals surface area (Å²) in [5, 5.41) is 0. The van der Waals surface area contributed by atoms with E-state index in [0.29, 0.717) is 38.3 Å². The van der Waals surface area contributed by atoms with Gasteiger partial charge in [0, 0.05) is 43.0 Å². The van der Waals surface area contributed by atoms with Crippen LogP contribution in [0.1, 0.15) is 74.7 Å². The maximum atomic E-state index is 13.8. The molecular formula is C34H43N3O5S. The summed E-state index contributed by atoms with van der Waals surface area (Å²) in [6.07, 6.45) is 0. The van der Waals surface area contributed by atoms with Crippen LogP contribution >= 0.6 is 0 Å². The molecule has 0 bridgehead atoms. The topological polar surface area (TPSA) is 96.0 Å². The largest absolute Gasteiger partial charge is 0.494 e. The normalized spacial score (nSPS) is 14.4. The summed E-state index contributed by atoms with van der Waals surface area (Å²) in [5.41, 5.74) is 4.78. The van der Waals surface area contributed by atoms with Crippen LogP contribution < -0.4 is 14.4 Å². The molecule has 1 aliphatic heterocycles. The summed E-state index contributed by atoms with van der Waals surface area (Å²) in [5.74, 6) is 0.146. The Labute approximate surface area is 256 Å². The highest BCUT2D eigenvalue weighted by Gasteiger charge is 2.31. The second kappa shape index (κ2) is 12.4. The van der Waals surface area contributed by atoms with Crippen molar-refractivity contribution in [2.24, 2.45) is 0 Å². The van der Waals surface area contributed by atoms with Gasteiger partial charge in [0.25, 0.3) is 11.8 Å². The highest BCUT2D eigenvalue weighted by Crippen LogP contribution is 2.32. The van der Waals surface area contributed by atoms with Gasteiger partial charge in [0.1, 0.15) is 5.75 Å². The SMILES string of the molecule is CCOc1cccc(-c2cc(C(=O)N3CCN(c4ccc(C(=O)NS(=O)(=O)C(C)(C)C)cc4)CC3)cc(C(C)(C)C)c2)c1. The van der Waals surface area contributed by atoms with Crippen molar-refractivity contribution in [3.63, 3.8) is 0 Å². The summed E-state index contributed by atoms with van der Waals surface area (Å²) in [6, 6.07) is 21.0. The third-order valence-electron chi connectivity index (χ3n) is 7.62. The number of ether oxygens (including phenoxy) is 1. The van der Waals surface area contributed by atoms with E-state index in [0.717, 1.165) is 28.1 Å². The number of rotatable bonds is 7. The predicted molar refractivity (Wildman–Crippen MR) is 172 cm³/mol. The summed E-state index contributed by atoms with van der Waals surface area (Å²) < 4.78 is 31.5. The van der Waals surface area contributed by atoms with Crippen molar-refractivity contribution in [1.82, 2.24) is 9.62 Å². The fourth-order valence-corrected chi connectivity index (χ4v) is 5.46. The molecule has 0 spiro atoms. The number of amides is 2. The standard InChI is InChI=1S/C34H43N3O5S/c1-8-42-30-11-9-10-25(23-30)26-20-27(22-28(21-26)33(2,3)4)32(39)37-18-16-36(17-19-37)29-14-12-24(13-15-29)31(38)35-43(40,41)34(5,6)7/h9-15,20-23H,8,16-19H2,1-7H3,(H,35,38). The smallest absolute Gasteiger partial charge is 0.264 e. The molecule has 1 fully saturated rings. The Hall–Kier alpha value is -3.85. The van der Waals surface area contributed by atoms with Crippen LogP contribution in [0.15, 0.2) is 66.7 Å². The second-order valence-corrected chi connectivity index (χ2v) is 15.3. The predicted octanol–water partition coefficient (Wildman–Crippen LogP) is 5.87. The molecule has 1 heterocycles. The van der Waals surface area contributed by atoms with E-state index in [4.69, 9.17) is 4.74 Å². The first-order valence-electron chi connectivity index (χ1n) is 14.7. The fraction of sp³-hybridized carbons (Fsp3) is 0.412. The zero-order valence-electron chi connectivity index (χ0n) is 26.2. The van der Waals surface area contributed by atoms with E-state index in [9.17, 15) is 18.0 Å². The van der Waals surface area contributed by atoms with Crippen molar-refractivity contribution < 1.29 is 22.7 Å². The van der Waals surface area contributed by atoms with E-state index in [-0.39, 0.29) is 16.9 Å². The van der Waals surface area contributed by atoms with Crippen LogP contribution in [-0.4, -0.2) is 62.7 Å². The van der Waals surface area contributed by atoms with Crippen LogP contribution in [0.4, 0.5) is 5.69 Å². The average Bonchev–Trinajstić information content (AvgIpc) is 2.96. The van der Waals surface area contributed by atoms with Crippen LogP contribution in [0.25, 0.3) is 11.1 Å². The Morgan fingerprint density at radius 1 is 0.814 bits per heavy atom. The van der Waals surface area contributed by atoms with Crippen molar-refractivity contribution in [2.75, 3.05) is 37.7 Å². The van der Waals surface area contributed by atoms with Gasteiger partial charge >= 0.3 is 0 Å². The van der Waals surface area contributed by atoms with E-state index in [1.54, 1.807) is 12.1 Å². The second-order valence-electron chi connectivity index (χ2n) is 12.9. The van der Waals surface area contributed by atoms with E-state index in [2.05, 4.69) is 36.5 Å². The molecule has 0 saturated carbocycles. The van der Waals surface area contributed by atoms with Crippen LogP contribution in [-0.2, 0) is 15.4 Å². The molecule has 0 aromatic heterocycles. The lowest BCUT2D eigenvalue weighted by molar-refractivity contribution is 0.0746.